The Morgan fingerprint density at radius 1 is 1.35 bits per heavy atom. The van der Waals surface area contributed by atoms with Gasteiger partial charge in [0.05, 0.1) is 23.6 Å². The molecule has 90 valence electrons. The number of rotatable bonds is 5. The standard InChI is InChI=1S/C12H16N4S/c1-13-11(9-17-2)12-8-14-15-16(12)10-6-4-3-5-7-10/h3-8,11,13H,9H2,1-2H3. The van der Waals surface area contributed by atoms with Crippen LogP contribution in [0.1, 0.15) is 11.7 Å². The van der Waals surface area contributed by atoms with Crippen LogP contribution < -0.4 is 5.32 Å². The van der Waals surface area contributed by atoms with E-state index >= 15 is 0 Å². The van der Waals surface area contributed by atoms with Crippen LogP contribution in [-0.4, -0.2) is 34.1 Å². The van der Waals surface area contributed by atoms with Gasteiger partial charge >= 0.3 is 0 Å². The van der Waals surface area contributed by atoms with Gasteiger partial charge in [0, 0.05) is 5.75 Å². The van der Waals surface area contributed by atoms with Crippen molar-refractivity contribution < 1.29 is 0 Å². The van der Waals surface area contributed by atoms with E-state index in [-0.39, 0.29) is 6.04 Å². The molecule has 0 fully saturated rings. The molecule has 0 aliphatic rings. The van der Waals surface area contributed by atoms with Gasteiger partial charge in [-0.25, -0.2) is 4.68 Å². The maximum atomic E-state index is 4.15. The zero-order chi connectivity index (χ0) is 12.1. The molecule has 1 unspecified atom stereocenters. The Balaban J connectivity index is 2.34. The Morgan fingerprint density at radius 3 is 2.76 bits per heavy atom. The first-order valence-corrected chi connectivity index (χ1v) is 6.88. The van der Waals surface area contributed by atoms with Gasteiger partial charge in [0.1, 0.15) is 0 Å². The van der Waals surface area contributed by atoms with Crippen molar-refractivity contribution in [1.29, 1.82) is 0 Å². The average Bonchev–Trinajstić information content (AvgIpc) is 2.86. The van der Waals surface area contributed by atoms with E-state index in [0.29, 0.717) is 0 Å². The number of nitrogens with one attached hydrogen (secondary N) is 1. The summed E-state index contributed by atoms with van der Waals surface area (Å²) in [5, 5.41) is 11.5. The number of thioether (sulfide) groups is 1. The quantitative estimate of drug-likeness (QED) is 0.877. The summed E-state index contributed by atoms with van der Waals surface area (Å²) in [6, 6.07) is 10.3. The van der Waals surface area contributed by atoms with Crippen molar-refractivity contribution in [3.05, 3.63) is 42.2 Å². The summed E-state index contributed by atoms with van der Waals surface area (Å²) >= 11 is 1.81. The Hall–Kier alpha value is -1.33. The van der Waals surface area contributed by atoms with Crippen molar-refractivity contribution in [2.45, 2.75) is 6.04 Å². The van der Waals surface area contributed by atoms with Gasteiger partial charge in [0.25, 0.3) is 0 Å². The minimum absolute atomic E-state index is 0.264. The summed E-state index contributed by atoms with van der Waals surface area (Å²) in [6.07, 6.45) is 3.92. The van der Waals surface area contributed by atoms with Crippen LogP contribution in [0.3, 0.4) is 0 Å². The maximum absolute atomic E-state index is 4.15. The molecule has 0 aliphatic heterocycles. The highest BCUT2D eigenvalue weighted by molar-refractivity contribution is 7.98. The second-order valence-electron chi connectivity index (χ2n) is 3.70. The molecule has 1 heterocycles. The minimum atomic E-state index is 0.264. The average molecular weight is 248 g/mol. The predicted octanol–water partition coefficient (Wildman–Crippen LogP) is 1.89. The van der Waals surface area contributed by atoms with E-state index in [2.05, 4.69) is 21.9 Å². The third kappa shape index (κ3) is 2.68. The molecule has 0 saturated heterocycles. The van der Waals surface area contributed by atoms with Gasteiger partial charge in [-0.05, 0) is 25.4 Å². The van der Waals surface area contributed by atoms with Gasteiger partial charge in [0.15, 0.2) is 0 Å². The number of hydrogen-bond donors (Lipinski definition) is 1. The van der Waals surface area contributed by atoms with E-state index in [0.717, 1.165) is 17.1 Å². The summed E-state index contributed by atoms with van der Waals surface area (Å²) in [5.41, 5.74) is 2.13. The first kappa shape index (κ1) is 12.1. The second kappa shape index (κ2) is 5.84. The van der Waals surface area contributed by atoms with Crippen molar-refractivity contribution in [1.82, 2.24) is 20.3 Å². The zero-order valence-electron chi connectivity index (χ0n) is 10.00. The summed E-state index contributed by atoms with van der Waals surface area (Å²) in [7, 11) is 1.96. The lowest BCUT2D eigenvalue weighted by atomic mass is 10.2. The van der Waals surface area contributed by atoms with Crippen LogP contribution in [-0.2, 0) is 0 Å². The SMILES string of the molecule is CNC(CSC)c1cnnn1-c1ccccc1. The van der Waals surface area contributed by atoms with Crippen molar-refractivity contribution >= 4 is 11.8 Å². The number of nitrogens with zero attached hydrogens (tertiary/aromatic N) is 3. The molecule has 0 radical (unpaired) electrons. The van der Waals surface area contributed by atoms with Gasteiger partial charge in [0.2, 0.25) is 0 Å². The highest BCUT2D eigenvalue weighted by Crippen LogP contribution is 2.18. The molecule has 1 aromatic carbocycles. The number of aromatic nitrogens is 3. The van der Waals surface area contributed by atoms with Crippen molar-refractivity contribution in [2.24, 2.45) is 0 Å². The lowest BCUT2D eigenvalue weighted by Crippen LogP contribution is -2.21. The van der Waals surface area contributed by atoms with Gasteiger partial charge in [-0.2, -0.15) is 11.8 Å². The molecule has 0 amide bonds. The highest BCUT2D eigenvalue weighted by atomic mass is 32.2. The lowest BCUT2D eigenvalue weighted by molar-refractivity contribution is 0.610. The summed E-state index contributed by atoms with van der Waals surface area (Å²) in [4.78, 5) is 0. The van der Waals surface area contributed by atoms with E-state index in [4.69, 9.17) is 0 Å². The van der Waals surface area contributed by atoms with Gasteiger partial charge in [-0.15, -0.1) is 5.10 Å². The first-order valence-electron chi connectivity index (χ1n) is 5.49. The molecule has 2 rings (SSSR count). The monoisotopic (exact) mass is 248 g/mol. The molecule has 0 bridgehead atoms. The van der Waals surface area contributed by atoms with Crippen LogP contribution in [0.2, 0.25) is 0 Å². The zero-order valence-corrected chi connectivity index (χ0v) is 10.8. The molecular formula is C12H16N4S. The maximum Gasteiger partial charge on any atom is 0.0823 e. The molecule has 1 aromatic heterocycles. The number of para-hydroxylation sites is 1. The predicted molar refractivity (Wildman–Crippen MR) is 71.5 cm³/mol. The minimum Gasteiger partial charge on any atom is -0.311 e. The first-order chi connectivity index (χ1) is 8.36. The van der Waals surface area contributed by atoms with E-state index in [1.54, 1.807) is 11.8 Å². The molecule has 2 aromatic rings. The van der Waals surface area contributed by atoms with Crippen LogP contribution in [0.25, 0.3) is 5.69 Å². The Morgan fingerprint density at radius 2 is 2.12 bits per heavy atom. The molecule has 1 N–H and O–H groups in total. The largest absolute Gasteiger partial charge is 0.311 e. The van der Waals surface area contributed by atoms with E-state index in [1.165, 1.54) is 0 Å². The molecule has 4 nitrogen and oxygen atoms in total. The molecule has 0 saturated carbocycles. The van der Waals surface area contributed by atoms with Crippen molar-refractivity contribution in [3.8, 4) is 5.69 Å². The molecule has 5 heteroatoms. The molecule has 0 aliphatic carbocycles. The molecular weight excluding hydrogens is 232 g/mol. The summed E-state index contributed by atoms with van der Waals surface area (Å²) in [5.74, 6) is 0.997. The molecule has 17 heavy (non-hydrogen) atoms. The van der Waals surface area contributed by atoms with E-state index < -0.39 is 0 Å². The van der Waals surface area contributed by atoms with E-state index in [1.807, 2.05) is 48.3 Å². The fourth-order valence-corrected chi connectivity index (χ4v) is 2.40. The summed E-state index contributed by atoms with van der Waals surface area (Å²) < 4.78 is 1.89. The van der Waals surface area contributed by atoms with Gasteiger partial charge in [-0.1, -0.05) is 23.4 Å². The smallest absolute Gasteiger partial charge is 0.0823 e. The van der Waals surface area contributed by atoms with E-state index in [9.17, 15) is 0 Å². The third-order valence-electron chi connectivity index (χ3n) is 2.62. The van der Waals surface area contributed by atoms with Crippen LogP contribution in [0, 0.1) is 0 Å². The number of benzene rings is 1. The molecule has 1 atom stereocenters. The lowest BCUT2D eigenvalue weighted by Gasteiger charge is -2.15. The van der Waals surface area contributed by atoms with Crippen molar-refractivity contribution in [3.63, 3.8) is 0 Å². The van der Waals surface area contributed by atoms with Gasteiger partial charge in [-0.3, -0.25) is 0 Å². The Kier molecular flexibility index (Phi) is 4.17. The van der Waals surface area contributed by atoms with Crippen LogP contribution in [0.15, 0.2) is 36.5 Å². The Bertz CT molecular complexity index is 455. The fraction of sp³-hybridized carbons (Fsp3) is 0.333. The second-order valence-corrected chi connectivity index (χ2v) is 4.61. The van der Waals surface area contributed by atoms with Crippen LogP contribution in [0.4, 0.5) is 0 Å². The van der Waals surface area contributed by atoms with Crippen LogP contribution in [0.5, 0.6) is 0 Å². The third-order valence-corrected chi connectivity index (χ3v) is 3.28. The Labute approximate surface area is 105 Å². The van der Waals surface area contributed by atoms with Crippen molar-refractivity contribution in [2.75, 3.05) is 19.1 Å². The normalized spacial score (nSPS) is 12.6. The number of hydrogen-bond acceptors (Lipinski definition) is 4. The summed E-state index contributed by atoms with van der Waals surface area (Å²) in [6.45, 7) is 0. The molecule has 0 spiro atoms. The van der Waals surface area contributed by atoms with Gasteiger partial charge < -0.3 is 5.32 Å². The highest BCUT2D eigenvalue weighted by Gasteiger charge is 2.15. The van der Waals surface area contributed by atoms with Crippen LogP contribution >= 0.6 is 11.8 Å². The topological polar surface area (TPSA) is 42.7 Å². The fourth-order valence-electron chi connectivity index (χ4n) is 1.73.